The third-order valence-electron chi connectivity index (χ3n) is 5.52. The number of piperazine rings is 1. The maximum Gasteiger partial charge on any atom is 0.253 e. The zero-order chi connectivity index (χ0) is 21.8. The molecular formula is C23H25FN4O3. The first-order chi connectivity index (χ1) is 15.0. The van der Waals surface area contributed by atoms with E-state index >= 15 is 0 Å². The molecule has 8 heteroatoms. The molecule has 1 N–H and O–H groups in total. The van der Waals surface area contributed by atoms with Crippen LogP contribution in [0.25, 0.3) is 0 Å². The molecule has 1 atom stereocenters. The molecule has 1 fully saturated rings. The van der Waals surface area contributed by atoms with E-state index in [1.807, 2.05) is 41.3 Å². The van der Waals surface area contributed by atoms with E-state index in [1.165, 1.54) is 13.0 Å². The van der Waals surface area contributed by atoms with E-state index in [4.69, 9.17) is 4.84 Å². The molecule has 2 aliphatic rings. The fourth-order valence-electron chi connectivity index (χ4n) is 3.82. The first kappa shape index (κ1) is 20.8. The van der Waals surface area contributed by atoms with Crippen molar-refractivity contribution in [3.8, 4) is 0 Å². The summed E-state index contributed by atoms with van der Waals surface area (Å²) >= 11 is 0. The molecule has 2 aliphatic heterocycles. The van der Waals surface area contributed by atoms with Crippen LogP contribution in [0.15, 0.2) is 53.7 Å². The lowest BCUT2D eigenvalue weighted by atomic mass is 10.0. The number of anilines is 1. The maximum atomic E-state index is 14.9. The average molecular weight is 424 g/mol. The SMILES string of the molecule is CC(=O)NCC1CC(c2ccc(N3CCN(C(=O)c4ccccc4)CC3)c(F)c2)=NO1. The highest BCUT2D eigenvalue weighted by Crippen LogP contribution is 2.25. The first-order valence-electron chi connectivity index (χ1n) is 10.4. The van der Waals surface area contributed by atoms with Crippen molar-refractivity contribution in [3.63, 3.8) is 0 Å². The molecule has 0 bridgehead atoms. The lowest BCUT2D eigenvalue weighted by Gasteiger charge is -2.36. The number of hydrogen-bond donors (Lipinski definition) is 1. The smallest absolute Gasteiger partial charge is 0.253 e. The molecule has 162 valence electrons. The van der Waals surface area contributed by atoms with Crippen LogP contribution in [-0.4, -0.2) is 61.3 Å². The Morgan fingerprint density at radius 3 is 2.55 bits per heavy atom. The normalized spacial score (nSPS) is 18.4. The van der Waals surface area contributed by atoms with Crippen LogP contribution in [0.4, 0.5) is 10.1 Å². The van der Waals surface area contributed by atoms with Gasteiger partial charge in [0.25, 0.3) is 5.91 Å². The number of amides is 2. The fourth-order valence-corrected chi connectivity index (χ4v) is 3.82. The number of carbonyl (C=O) groups is 2. The second-order valence-corrected chi connectivity index (χ2v) is 7.72. The minimum atomic E-state index is -0.326. The third-order valence-corrected chi connectivity index (χ3v) is 5.52. The second-order valence-electron chi connectivity index (χ2n) is 7.72. The van der Waals surface area contributed by atoms with Gasteiger partial charge in [-0.05, 0) is 24.3 Å². The highest BCUT2D eigenvalue weighted by atomic mass is 19.1. The monoisotopic (exact) mass is 424 g/mol. The Labute approximate surface area is 180 Å². The summed E-state index contributed by atoms with van der Waals surface area (Å²) in [6, 6.07) is 14.3. The second kappa shape index (κ2) is 9.16. The molecule has 0 saturated carbocycles. The average Bonchev–Trinajstić information content (AvgIpc) is 3.27. The zero-order valence-corrected chi connectivity index (χ0v) is 17.4. The van der Waals surface area contributed by atoms with Gasteiger partial charge in [0.1, 0.15) is 11.9 Å². The van der Waals surface area contributed by atoms with Crippen LogP contribution in [-0.2, 0) is 9.63 Å². The lowest BCUT2D eigenvalue weighted by Crippen LogP contribution is -2.49. The number of carbonyl (C=O) groups excluding carboxylic acids is 2. The number of halogens is 1. The van der Waals surface area contributed by atoms with Gasteiger partial charge in [-0.25, -0.2) is 4.39 Å². The Kier molecular flexibility index (Phi) is 6.16. The predicted molar refractivity (Wildman–Crippen MR) is 116 cm³/mol. The summed E-state index contributed by atoms with van der Waals surface area (Å²) in [6.07, 6.45) is 0.274. The van der Waals surface area contributed by atoms with Gasteiger partial charge < -0.3 is 20.0 Å². The van der Waals surface area contributed by atoms with Crippen LogP contribution in [0.1, 0.15) is 29.3 Å². The Morgan fingerprint density at radius 2 is 1.87 bits per heavy atom. The molecule has 0 aliphatic carbocycles. The van der Waals surface area contributed by atoms with Crippen LogP contribution >= 0.6 is 0 Å². The van der Waals surface area contributed by atoms with E-state index in [0.717, 1.165) is 0 Å². The van der Waals surface area contributed by atoms with E-state index in [2.05, 4.69) is 10.5 Å². The molecule has 1 unspecified atom stereocenters. The molecular weight excluding hydrogens is 399 g/mol. The molecule has 0 spiro atoms. The minimum absolute atomic E-state index is 0.00383. The van der Waals surface area contributed by atoms with E-state index in [1.54, 1.807) is 11.0 Å². The predicted octanol–water partition coefficient (Wildman–Crippen LogP) is 2.42. The maximum absolute atomic E-state index is 14.9. The number of nitrogens with zero attached hydrogens (tertiary/aromatic N) is 3. The third kappa shape index (κ3) is 4.84. The van der Waals surface area contributed by atoms with E-state index in [0.29, 0.717) is 61.7 Å². The van der Waals surface area contributed by atoms with Gasteiger partial charge in [-0.15, -0.1) is 0 Å². The van der Waals surface area contributed by atoms with Crippen molar-refractivity contribution >= 4 is 23.2 Å². The van der Waals surface area contributed by atoms with Gasteiger partial charge in [-0.3, -0.25) is 9.59 Å². The summed E-state index contributed by atoms with van der Waals surface area (Å²) in [5, 5.41) is 6.75. The van der Waals surface area contributed by atoms with Crippen molar-refractivity contribution in [1.82, 2.24) is 10.2 Å². The van der Waals surface area contributed by atoms with Crippen molar-refractivity contribution in [3.05, 3.63) is 65.5 Å². The Balaban J connectivity index is 1.35. The van der Waals surface area contributed by atoms with Gasteiger partial charge in [0, 0.05) is 50.7 Å². The number of benzene rings is 2. The number of hydrogen-bond acceptors (Lipinski definition) is 5. The summed E-state index contributed by atoms with van der Waals surface area (Å²) < 4.78 is 14.9. The van der Waals surface area contributed by atoms with Gasteiger partial charge in [0.2, 0.25) is 5.91 Å². The zero-order valence-electron chi connectivity index (χ0n) is 17.4. The van der Waals surface area contributed by atoms with Crippen molar-refractivity contribution in [1.29, 1.82) is 0 Å². The molecule has 7 nitrogen and oxygen atoms in total. The summed E-state index contributed by atoms with van der Waals surface area (Å²) in [4.78, 5) is 32.7. The summed E-state index contributed by atoms with van der Waals surface area (Å²) in [5.41, 5.74) is 2.52. The van der Waals surface area contributed by atoms with Crippen LogP contribution in [0.2, 0.25) is 0 Å². The molecule has 2 aromatic carbocycles. The van der Waals surface area contributed by atoms with Crippen LogP contribution in [0.5, 0.6) is 0 Å². The van der Waals surface area contributed by atoms with E-state index < -0.39 is 0 Å². The Hall–Kier alpha value is -3.42. The Bertz CT molecular complexity index is 988. The standard InChI is InChI=1S/C23H25FN4O3/c1-16(29)25-15-19-14-21(26-31-19)18-7-8-22(20(24)13-18)27-9-11-28(12-10-27)23(30)17-5-3-2-4-6-17/h2-8,13,19H,9-12,14-15H2,1H3,(H,25,29). The summed E-state index contributed by atoms with van der Waals surface area (Å²) in [6.45, 7) is 4.03. The van der Waals surface area contributed by atoms with Crippen LogP contribution in [0, 0.1) is 5.82 Å². The largest absolute Gasteiger partial charge is 0.390 e. The highest BCUT2D eigenvalue weighted by molar-refractivity contribution is 6.01. The number of oxime groups is 1. The fraction of sp³-hybridized carbons (Fsp3) is 0.348. The molecule has 2 heterocycles. The van der Waals surface area contributed by atoms with Gasteiger partial charge in [-0.1, -0.05) is 29.4 Å². The van der Waals surface area contributed by atoms with Gasteiger partial charge in [-0.2, -0.15) is 0 Å². The summed E-state index contributed by atoms with van der Waals surface area (Å²) in [5.74, 6) is -0.449. The molecule has 1 saturated heterocycles. The minimum Gasteiger partial charge on any atom is -0.390 e. The molecule has 31 heavy (non-hydrogen) atoms. The highest BCUT2D eigenvalue weighted by Gasteiger charge is 2.26. The van der Waals surface area contributed by atoms with Crippen molar-refractivity contribution in [2.75, 3.05) is 37.6 Å². The molecule has 2 aromatic rings. The topological polar surface area (TPSA) is 74.2 Å². The number of nitrogens with one attached hydrogen (secondary N) is 1. The lowest BCUT2D eigenvalue weighted by molar-refractivity contribution is -0.119. The van der Waals surface area contributed by atoms with Crippen molar-refractivity contribution in [2.45, 2.75) is 19.4 Å². The Morgan fingerprint density at radius 1 is 1.13 bits per heavy atom. The quantitative estimate of drug-likeness (QED) is 0.800. The van der Waals surface area contributed by atoms with E-state index in [-0.39, 0.29) is 23.7 Å². The van der Waals surface area contributed by atoms with Gasteiger partial charge in [0.15, 0.2) is 0 Å². The summed E-state index contributed by atoms with van der Waals surface area (Å²) in [7, 11) is 0. The van der Waals surface area contributed by atoms with Crippen LogP contribution in [0.3, 0.4) is 0 Å². The van der Waals surface area contributed by atoms with Gasteiger partial charge in [0.05, 0.1) is 17.9 Å². The molecule has 0 aromatic heterocycles. The molecule has 0 radical (unpaired) electrons. The van der Waals surface area contributed by atoms with Gasteiger partial charge >= 0.3 is 0 Å². The first-order valence-corrected chi connectivity index (χ1v) is 10.4. The van der Waals surface area contributed by atoms with Crippen LogP contribution < -0.4 is 10.2 Å². The number of rotatable bonds is 5. The molecule has 2 amide bonds. The van der Waals surface area contributed by atoms with Crippen molar-refractivity contribution < 1.29 is 18.8 Å². The van der Waals surface area contributed by atoms with E-state index in [9.17, 15) is 14.0 Å². The van der Waals surface area contributed by atoms with Crippen molar-refractivity contribution in [2.24, 2.45) is 5.16 Å². The molecule has 4 rings (SSSR count).